The van der Waals surface area contributed by atoms with Gasteiger partial charge in [0.05, 0.1) is 0 Å². The quantitative estimate of drug-likeness (QED) is 0.851. The van der Waals surface area contributed by atoms with Crippen LogP contribution in [0, 0.1) is 0 Å². The van der Waals surface area contributed by atoms with Gasteiger partial charge in [0.15, 0.2) is 0 Å². The molecule has 0 bridgehead atoms. The Morgan fingerprint density at radius 1 is 1.46 bits per heavy atom. The first kappa shape index (κ1) is 11.2. The molecular formula is C10H16BrNS. The Balaban J connectivity index is 2.33. The second-order valence-corrected chi connectivity index (χ2v) is 5.04. The molecule has 74 valence electrons. The smallest absolute Gasteiger partial charge is 0.0302 e. The van der Waals surface area contributed by atoms with E-state index in [0.29, 0.717) is 6.04 Å². The molecule has 0 aromatic carbocycles. The standard InChI is InChI=1S/C10H16BrNS/c1-3-9(4-2)12-6-10-5-8(11)7-13-10/h5,7,9,12H,3-4,6H2,1-2H3. The van der Waals surface area contributed by atoms with Crippen LogP contribution in [0.3, 0.4) is 0 Å². The Bertz CT molecular complexity index is 243. The van der Waals surface area contributed by atoms with Gasteiger partial charge in [0.2, 0.25) is 0 Å². The number of rotatable bonds is 5. The minimum absolute atomic E-state index is 0.667. The first-order valence-electron chi connectivity index (χ1n) is 4.72. The first-order valence-corrected chi connectivity index (χ1v) is 6.39. The van der Waals surface area contributed by atoms with E-state index in [4.69, 9.17) is 0 Å². The minimum Gasteiger partial charge on any atom is -0.309 e. The van der Waals surface area contributed by atoms with Gasteiger partial charge in [-0.1, -0.05) is 13.8 Å². The summed E-state index contributed by atoms with van der Waals surface area (Å²) in [5.74, 6) is 0. The molecule has 0 atom stereocenters. The molecule has 1 nitrogen and oxygen atoms in total. The van der Waals surface area contributed by atoms with E-state index in [9.17, 15) is 0 Å². The molecule has 1 aromatic rings. The molecule has 3 heteroatoms. The minimum atomic E-state index is 0.667. The monoisotopic (exact) mass is 261 g/mol. The van der Waals surface area contributed by atoms with E-state index in [0.717, 1.165) is 6.54 Å². The molecule has 1 N–H and O–H groups in total. The summed E-state index contributed by atoms with van der Waals surface area (Å²) >= 11 is 5.26. The van der Waals surface area contributed by atoms with E-state index >= 15 is 0 Å². The Morgan fingerprint density at radius 3 is 2.62 bits per heavy atom. The maximum absolute atomic E-state index is 3.54. The van der Waals surface area contributed by atoms with Crippen molar-refractivity contribution in [2.45, 2.75) is 39.3 Å². The van der Waals surface area contributed by atoms with Crippen LogP contribution in [0.5, 0.6) is 0 Å². The molecule has 1 rings (SSSR count). The van der Waals surface area contributed by atoms with Crippen LogP contribution in [0.4, 0.5) is 0 Å². The van der Waals surface area contributed by atoms with Crippen LogP contribution in [0.2, 0.25) is 0 Å². The Hall–Kier alpha value is 0.140. The molecule has 0 aliphatic rings. The van der Waals surface area contributed by atoms with Crippen LogP contribution in [0.25, 0.3) is 0 Å². The van der Waals surface area contributed by atoms with Crippen LogP contribution in [-0.2, 0) is 6.54 Å². The first-order chi connectivity index (χ1) is 6.26. The van der Waals surface area contributed by atoms with Gasteiger partial charge in [-0.15, -0.1) is 11.3 Å². The van der Waals surface area contributed by atoms with Gasteiger partial charge in [-0.05, 0) is 34.8 Å². The number of thiophene rings is 1. The van der Waals surface area contributed by atoms with E-state index < -0.39 is 0 Å². The van der Waals surface area contributed by atoms with Gasteiger partial charge in [0, 0.05) is 27.3 Å². The fourth-order valence-electron chi connectivity index (χ4n) is 1.27. The van der Waals surface area contributed by atoms with E-state index in [1.807, 2.05) is 0 Å². The Kier molecular flexibility index (Phi) is 4.99. The van der Waals surface area contributed by atoms with Crippen molar-refractivity contribution in [1.29, 1.82) is 0 Å². The summed E-state index contributed by atoms with van der Waals surface area (Å²) in [7, 11) is 0. The van der Waals surface area contributed by atoms with Gasteiger partial charge in [0.1, 0.15) is 0 Å². The topological polar surface area (TPSA) is 12.0 Å². The molecule has 0 saturated carbocycles. The Labute approximate surface area is 92.7 Å². The number of nitrogens with one attached hydrogen (secondary N) is 1. The lowest BCUT2D eigenvalue weighted by molar-refractivity contribution is 0.486. The van der Waals surface area contributed by atoms with E-state index in [1.54, 1.807) is 11.3 Å². The molecule has 0 aliphatic carbocycles. The summed E-state index contributed by atoms with van der Waals surface area (Å²) in [6.07, 6.45) is 2.42. The number of hydrogen-bond donors (Lipinski definition) is 1. The maximum atomic E-state index is 3.54. The van der Waals surface area contributed by atoms with Gasteiger partial charge in [0.25, 0.3) is 0 Å². The third kappa shape index (κ3) is 3.79. The summed E-state index contributed by atoms with van der Waals surface area (Å²) in [6.45, 7) is 5.46. The van der Waals surface area contributed by atoms with Gasteiger partial charge in [-0.2, -0.15) is 0 Å². The molecular weight excluding hydrogens is 246 g/mol. The van der Waals surface area contributed by atoms with Crippen LogP contribution >= 0.6 is 27.3 Å². The third-order valence-electron chi connectivity index (χ3n) is 2.17. The average Bonchev–Trinajstić information content (AvgIpc) is 2.53. The molecule has 0 aliphatic heterocycles. The van der Waals surface area contributed by atoms with Crippen molar-refractivity contribution in [3.05, 3.63) is 20.8 Å². The summed E-state index contributed by atoms with van der Waals surface area (Å²) in [5, 5.41) is 5.67. The number of halogens is 1. The molecule has 0 saturated heterocycles. The third-order valence-corrected chi connectivity index (χ3v) is 3.87. The fourth-order valence-corrected chi connectivity index (χ4v) is 2.67. The molecule has 0 fully saturated rings. The van der Waals surface area contributed by atoms with Crippen molar-refractivity contribution in [2.75, 3.05) is 0 Å². The van der Waals surface area contributed by atoms with Crippen LogP contribution in [0.1, 0.15) is 31.6 Å². The summed E-state index contributed by atoms with van der Waals surface area (Å²) in [4.78, 5) is 1.40. The van der Waals surface area contributed by atoms with E-state index in [1.165, 1.54) is 22.2 Å². The predicted molar refractivity (Wildman–Crippen MR) is 63.2 cm³/mol. The zero-order valence-corrected chi connectivity index (χ0v) is 10.5. The molecule has 0 unspecified atom stereocenters. The fraction of sp³-hybridized carbons (Fsp3) is 0.600. The summed E-state index contributed by atoms with van der Waals surface area (Å²) in [6, 6.07) is 2.85. The highest BCUT2D eigenvalue weighted by molar-refractivity contribution is 9.10. The maximum Gasteiger partial charge on any atom is 0.0302 e. The second-order valence-electron chi connectivity index (χ2n) is 3.13. The molecule has 0 amide bonds. The van der Waals surface area contributed by atoms with E-state index in [2.05, 4.69) is 46.5 Å². The molecule has 1 aromatic heterocycles. The van der Waals surface area contributed by atoms with Gasteiger partial charge in [-0.3, -0.25) is 0 Å². The van der Waals surface area contributed by atoms with Crippen molar-refractivity contribution in [2.24, 2.45) is 0 Å². The summed E-state index contributed by atoms with van der Waals surface area (Å²) < 4.78 is 1.19. The van der Waals surface area contributed by atoms with Crippen LogP contribution in [0.15, 0.2) is 15.9 Å². The highest BCUT2D eigenvalue weighted by atomic mass is 79.9. The summed E-state index contributed by atoms with van der Waals surface area (Å²) in [5.41, 5.74) is 0. The Morgan fingerprint density at radius 2 is 2.15 bits per heavy atom. The number of hydrogen-bond acceptors (Lipinski definition) is 2. The lowest BCUT2D eigenvalue weighted by Gasteiger charge is -2.13. The molecule has 0 spiro atoms. The van der Waals surface area contributed by atoms with Crippen molar-refractivity contribution in [1.82, 2.24) is 5.32 Å². The molecule has 1 heterocycles. The normalized spacial score (nSPS) is 11.1. The highest BCUT2D eigenvalue weighted by Crippen LogP contribution is 2.19. The zero-order chi connectivity index (χ0) is 9.68. The van der Waals surface area contributed by atoms with Crippen molar-refractivity contribution < 1.29 is 0 Å². The lowest BCUT2D eigenvalue weighted by atomic mass is 10.2. The largest absolute Gasteiger partial charge is 0.309 e. The van der Waals surface area contributed by atoms with Crippen molar-refractivity contribution >= 4 is 27.3 Å². The van der Waals surface area contributed by atoms with Gasteiger partial charge in [-0.25, -0.2) is 0 Å². The van der Waals surface area contributed by atoms with E-state index in [-0.39, 0.29) is 0 Å². The average molecular weight is 262 g/mol. The van der Waals surface area contributed by atoms with Crippen molar-refractivity contribution in [3.63, 3.8) is 0 Å². The predicted octanol–water partition coefficient (Wildman–Crippen LogP) is 3.79. The van der Waals surface area contributed by atoms with Crippen LogP contribution in [-0.4, -0.2) is 6.04 Å². The van der Waals surface area contributed by atoms with Gasteiger partial charge >= 0.3 is 0 Å². The molecule has 0 radical (unpaired) electrons. The van der Waals surface area contributed by atoms with Crippen molar-refractivity contribution in [3.8, 4) is 0 Å². The molecule has 13 heavy (non-hydrogen) atoms. The SMILES string of the molecule is CCC(CC)NCc1cc(Br)cs1. The van der Waals surface area contributed by atoms with Crippen LogP contribution < -0.4 is 5.32 Å². The van der Waals surface area contributed by atoms with Gasteiger partial charge < -0.3 is 5.32 Å². The second kappa shape index (κ2) is 5.78. The lowest BCUT2D eigenvalue weighted by Crippen LogP contribution is -2.26. The zero-order valence-electron chi connectivity index (χ0n) is 8.14. The highest BCUT2D eigenvalue weighted by Gasteiger charge is 2.03.